The van der Waals surface area contributed by atoms with Crippen molar-refractivity contribution in [1.82, 2.24) is 9.29 Å². The van der Waals surface area contributed by atoms with E-state index in [0.717, 1.165) is 6.07 Å². The molecule has 0 radical (unpaired) electrons. The van der Waals surface area contributed by atoms with Crippen molar-refractivity contribution in [2.24, 2.45) is 0 Å². The fraction of sp³-hybridized carbons (Fsp3) is 0.227. The molecule has 34 heavy (non-hydrogen) atoms. The second-order valence-electron chi connectivity index (χ2n) is 7.36. The zero-order valence-electron chi connectivity index (χ0n) is 17.9. The second-order valence-corrected chi connectivity index (χ2v) is 9.30. The molecule has 1 N–H and O–H groups in total. The molecule has 0 saturated carbocycles. The maximum Gasteiger partial charge on any atom is 0.293 e. The predicted molar refractivity (Wildman–Crippen MR) is 121 cm³/mol. The quantitative estimate of drug-likeness (QED) is 0.377. The molecule has 0 atom stereocenters. The Bertz CT molecular complexity index is 1280. The molecule has 178 valence electrons. The topological polar surface area (TPSA) is 124 Å². The summed E-state index contributed by atoms with van der Waals surface area (Å²) in [6.07, 6.45) is 3.03. The monoisotopic (exact) mass is 488 g/mol. The van der Waals surface area contributed by atoms with E-state index < -0.39 is 26.5 Å². The van der Waals surface area contributed by atoms with Crippen LogP contribution in [0.25, 0.3) is 0 Å². The van der Waals surface area contributed by atoms with E-state index in [0.29, 0.717) is 11.3 Å². The van der Waals surface area contributed by atoms with Crippen molar-refractivity contribution in [1.29, 1.82) is 0 Å². The van der Waals surface area contributed by atoms with Gasteiger partial charge in [-0.2, -0.15) is 4.31 Å². The van der Waals surface area contributed by atoms with E-state index in [1.165, 1.54) is 34.8 Å². The number of pyridine rings is 1. The normalized spacial score (nSPS) is 14.5. The maximum atomic E-state index is 14.5. The zero-order chi connectivity index (χ0) is 24.1. The van der Waals surface area contributed by atoms with Gasteiger partial charge in [0.25, 0.3) is 5.69 Å². The second kappa shape index (κ2) is 10.1. The van der Waals surface area contributed by atoms with Crippen LogP contribution >= 0.6 is 0 Å². The molecular weight excluding hydrogens is 467 g/mol. The average molecular weight is 488 g/mol. The first-order valence-electron chi connectivity index (χ1n) is 10.3. The van der Waals surface area contributed by atoms with Gasteiger partial charge in [0.15, 0.2) is 11.6 Å². The molecule has 1 fully saturated rings. The van der Waals surface area contributed by atoms with Gasteiger partial charge in [0.2, 0.25) is 10.0 Å². The van der Waals surface area contributed by atoms with Crippen LogP contribution in [0.5, 0.6) is 11.5 Å². The van der Waals surface area contributed by atoms with Crippen molar-refractivity contribution in [3.8, 4) is 11.5 Å². The highest BCUT2D eigenvalue weighted by molar-refractivity contribution is 7.89. The summed E-state index contributed by atoms with van der Waals surface area (Å²) in [5.41, 5.74) is 0.226. The largest absolute Gasteiger partial charge is 0.453 e. The molecule has 4 rings (SSSR count). The molecular formula is C22H21FN4O6S. The highest BCUT2D eigenvalue weighted by Crippen LogP contribution is 2.30. The summed E-state index contributed by atoms with van der Waals surface area (Å²) >= 11 is 0. The lowest BCUT2D eigenvalue weighted by Gasteiger charge is -2.26. The molecule has 12 heteroatoms. The number of ether oxygens (including phenoxy) is 2. The van der Waals surface area contributed by atoms with Gasteiger partial charge in [0.05, 0.1) is 29.2 Å². The summed E-state index contributed by atoms with van der Waals surface area (Å²) in [7, 11) is -3.88. The van der Waals surface area contributed by atoms with Crippen molar-refractivity contribution in [2.45, 2.75) is 11.4 Å². The van der Waals surface area contributed by atoms with Crippen molar-refractivity contribution in [3.05, 3.63) is 82.4 Å². The third kappa shape index (κ3) is 5.30. The molecule has 1 aliphatic heterocycles. The molecule has 2 aromatic carbocycles. The molecule has 0 bridgehead atoms. The lowest BCUT2D eigenvalue weighted by molar-refractivity contribution is -0.384. The minimum Gasteiger partial charge on any atom is -0.453 e. The number of halogens is 1. The number of aromatic nitrogens is 1. The van der Waals surface area contributed by atoms with E-state index in [1.54, 1.807) is 24.4 Å². The molecule has 1 aromatic heterocycles. The zero-order valence-corrected chi connectivity index (χ0v) is 18.7. The third-order valence-corrected chi connectivity index (χ3v) is 7.01. The van der Waals surface area contributed by atoms with Crippen LogP contribution in [-0.4, -0.2) is 48.9 Å². The number of nitro groups is 1. The van der Waals surface area contributed by atoms with Crippen molar-refractivity contribution < 1.29 is 27.2 Å². The fourth-order valence-corrected chi connectivity index (χ4v) is 4.81. The van der Waals surface area contributed by atoms with Crippen LogP contribution in [0.15, 0.2) is 65.8 Å². The highest BCUT2D eigenvalue weighted by atomic mass is 32.2. The van der Waals surface area contributed by atoms with Crippen molar-refractivity contribution in [2.75, 3.05) is 31.6 Å². The first-order valence-corrected chi connectivity index (χ1v) is 11.7. The minimum atomic E-state index is -3.88. The van der Waals surface area contributed by atoms with Gasteiger partial charge < -0.3 is 14.8 Å². The number of nitrogens with one attached hydrogen (secondary N) is 1. The van der Waals surface area contributed by atoms with Crippen LogP contribution in [0, 0.1) is 15.9 Å². The number of morpholine rings is 1. The lowest BCUT2D eigenvalue weighted by Crippen LogP contribution is -2.40. The van der Waals surface area contributed by atoms with Gasteiger partial charge >= 0.3 is 0 Å². The molecule has 10 nitrogen and oxygen atoms in total. The maximum absolute atomic E-state index is 14.5. The molecule has 2 heterocycles. The molecule has 0 aliphatic carbocycles. The minimum absolute atomic E-state index is 0.0143. The summed E-state index contributed by atoms with van der Waals surface area (Å²) in [5.74, 6) is -0.208. The Labute approximate surface area is 195 Å². The number of hydrogen-bond acceptors (Lipinski definition) is 8. The van der Waals surface area contributed by atoms with E-state index in [-0.39, 0.29) is 49.2 Å². The van der Waals surface area contributed by atoms with Gasteiger partial charge in [0, 0.05) is 31.9 Å². The van der Waals surface area contributed by atoms with E-state index in [4.69, 9.17) is 9.47 Å². The van der Waals surface area contributed by atoms with E-state index >= 15 is 0 Å². The van der Waals surface area contributed by atoms with Crippen molar-refractivity contribution >= 4 is 21.4 Å². The van der Waals surface area contributed by atoms with Crippen LogP contribution in [0.4, 0.5) is 15.8 Å². The summed E-state index contributed by atoms with van der Waals surface area (Å²) in [6.45, 7) is 0.970. The van der Waals surface area contributed by atoms with Crippen LogP contribution < -0.4 is 10.1 Å². The number of hydrogen-bond donors (Lipinski definition) is 1. The van der Waals surface area contributed by atoms with Gasteiger partial charge in [0.1, 0.15) is 11.4 Å². The first-order chi connectivity index (χ1) is 16.3. The Morgan fingerprint density at radius 2 is 1.97 bits per heavy atom. The van der Waals surface area contributed by atoms with Crippen LogP contribution in [-0.2, 0) is 21.3 Å². The number of anilines is 1. The number of sulfonamides is 1. The molecule has 0 amide bonds. The Kier molecular flexibility index (Phi) is 7.01. The number of benzene rings is 2. The first kappa shape index (κ1) is 23.5. The summed E-state index contributed by atoms with van der Waals surface area (Å²) in [5, 5.41) is 14.5. The standard InChI is InChI=1S/C22H21FN4O6S/c23-19-12-16(3-6-22(19)33-17-2-1-7-24-15-17)14-25-20-5-4-18(13-21(20)27(28)29)34(30,31)26-8-10-32-11-9-26/h1-7,12-13,15,25H,8-11,14H2. The lowest BCUT2D eigenvalue weighted by atomic mass is 10.2. The van der Waals surface area contributed by atoms with E-state index in [9.17, 15) is 22.9 Å². The highest BCUT2D eigenvalue weighted by Gasteiger charge is 2.28. The summed E-state index contributed by atoms with van der Waals surface area (Å²) < 4.78 is 52.0. The number of nitrogens with zero attached hydrogens (tertiary/aromatic N) is 3. The van der Waals surface area contributed by atoms with E-state index in [2.05, 4.69) is 10.3 Å². The smallest absolute Gasteiger partial charge is 0.293 e. The molecule has 0 spiro atoms. The van der Waals surface area contributed by atoms with Gasteiger partial charge in [-0.15, -0.1) is 0 Å². The molecule has 1 aliphatic rings. The molecule has 1 saturated heterocycles. The van der Waals surface area contributed by atoms with Gasteiger partial charge in [-0.1, -0.05) is 6.07 Å². The Morgan fingerprint density at radius 3 is 2.65 bits per heavy atom. The predicted octanol–water partition coefficient (Wildman–Crippen LogP) is 3.55. The third-order valence-electron chi connectivity index (χ3n) is 5.12. The SMILES string of the molecule is O=[N+]([O-])c1cc(S(=O)(=O)N2CCOCC2)ccc1NCc1ccc(Oc2cccnc2)c(F)c1. The van der Waals surface area contributed by atoms with Crippen LogP contribution in [0.1, 0.15) is 5.56 Å². The molecule has 0 unspecified atom stereocenters. The Balaban J connectivity index is 1.49. The Morgan fingerprint density at radius 1 is 1.18 bits per heavy atom. The van der Waals surface area contributed by atoms with E-state index in [1.807, 2.05) is 0 Å². The molecule has 3 aromatic rings. The van der Waals surface area contributed by atoms with Gasteiger partial charge in [-0.05, 0) is 42.0 Å². The average Bonchev–Trinajstić information content (AvgIpc) is 2.85. The van der Waals surface area contributed by atoms with Gasteiger partial charge in [-0.3, -0.25) is 15.1 Å². The summed E-state index contributed by atoms with van der Waals surface area (Å²) in [6, 6.07) is 11.3. The van der Waals surface area contributed by atoms with Gasteiger partial charge in [-0.25, -0.2) is 12.8 Å². The number of nitro benzene ring substituents is 1. The fourth-order valence-electron chi connectivity index (χ4n) is 3.38. The van der Waals surface area contributed by atoms with Crippen molar-refractivity contribution in [3.63, 3.8) is 0 Å². The van der Waals surface area contributed by atoms with Crippen LogP contribution in [0.2, 0.25) is 0 Å². The van der Waals surface area contributed by atoms with Crippen LogP contribution in [0.3, 0.4) is 0 Å². The number of rotatable bonds is 8. The Hall–Kier alpha value is -3.61. The summed E-state index contributed by atoms with van der Waals surface area (Å²) in [4.78, 5) is 14.7.